The highest BCUT2D eigenvalue weighted by Crippen LogP contribution is 2.31. The molecular formula is C18H13BO3. The van der Waals surface area contributed by atoms with Gasteiger partial charge in [0.1, 0.15) is 5.75 Å². The maximum atomic E-state index is 8.92. The van der Waals surface area contributed by atoms with E-state index in [2.05, 4.69) is 36.4 Å². The van der Waals surface area contributed by atoms with Gasteiger partial charge in [0.05, 0.1) is 0 Å². The highest BCUT2D eigenvalue weighted by molar-refractivity contribution is 6.33. The molecule has 3 nitrogen and oxygen atoms in total. The predicted octanol–water partition coefficient (Wildman–Crippen LogP) is 3.49. The van der Waals surface area contributed by atoms with Gasteiger partial charge in [0.15, 0.2) is 0 Å². The molecule has 22 heavy (non-hydrogen) atoms. The van der Waals surface area contributed by atoms with Crippen molar-refractivity contribution in [2.24, 2.45) is 0 Å². The Balaban J connectivity index is 2.01. The minimum absolute atomic E-state index is 0.432. The minimum atomic E-state index is -1.81. The minimum Gasteiger partial charge on any atom is -0.512 e. The number of hydrogen-bond acceptors (Lipinski definition) is 3. The van der Waals surface area contributed by atoms with Crippen LogP contribution in [-0.4, -0.2) is 17.4 Å². The van der Waals surface area contributed by atoms with Gasteiger partial charge in [-0.2, -0.15) is 0 Å². The van der Waals surface area contributed by atoms with Gasteiger partial charge in [-0.05, 0) is 56.6 Å². The first-order valence-corrected chi connectivity index (χ1v) is 7.09. The largest absolute Gasteiger partial charge is 0.707 e. The molecule has 0 amide bonds. The molecule has 0 aliphatic rings. The van der Waals surface area contributed by atoms with Crippen molar-refractivity contribution in [3.05, 3.63) is 66.7 Å². The van der Waals surface area contributed by atoms with Crippen LogP contribution in [0.3, 0.4) is 0 Å². The Hall–Kier alpha value is -2.56. The zero-order chi connectivity index (χ0) is 15.1. The Morgan fingerprint density at radius 1 is 0.636 bits per heavy atom. The summed E-state index contributed by atoms with van der Waals surface area (Å²) >= 11 is 0. The van der Waals surface area contributed by atoms with Crippen molar-refractivity contribution in [2.45, 2.75) is 0 Å². The van der Waals surface area contributed by atoms with E-state index in [0.29, 0.717) is 5.75 Å². The van der Waals surface area contributed by atoms with Crippen molar-refractivity contribution in [1.82, 2.24) is 0 Å². The van der Waals surface area contributed by atoms with Crippen molar-refractivity contribution in [2.75, 3.05) is 0 Å². The molecule has 0 bridgehead atoms. The molecule has 0 aliphatic carbocycles. The monoisotopic (exact) mass is 288 g/mol. The molecule has 4 heteroatoms. The smallest absolute Gasteiger partial charge is 0.512 e. The van der Waals surface area contributed by atoms with Crippen LogP contribution in [0.4, 0.5) is 0 Å². The molecule has 0 saturated carbocycles. The van der Waals surface area contributed by atoms with E-state index in [-0.39, 0.29) is 0 Å². The molecule has 4 aromatic rings. The standard InChI is InChI=1S/C18H13BO3/c20-19(21)22-16-8-7-13-9-14-6-5-12-3-1-2-4-17(12)18(14)11-15(13)10-16/h1-11,20-21H. The van der Waals surface area contributed by atoms with Crippen LogP contribution in [-0.2, 0) is 0 Å². The lowest BCUT2D eigenvalue weighted by atomic mass is 9.98. The lowest BCUT2D eigenvalue weighted by Gasteiger charge is -2.09. The van der Waals surface area contributed by atoms with Crippen LogP contribution in [0.25, 0.3) is 32.3 Å². The fraction of sp³-hybridized carbons (Fsp3) is 0. The van der Waals surface area contributed by atoms with Gasteiger partial charge >= 0.3 is 7.32 Å². The van der Waals surface area contributed by atoms with Crippen LogP contribution in [0.1, 0.15) is 0 Å². The van der Waals surface area contributed by atoms with Crippen LogP contribution in [0, 0.1) is 0 Å². The normalized spacial score (nSPS) is 11.2. The molecule has 106 valence electrons. The predicted molar refractivity (Wildman–Crippen MR) is 89.8 cm³/mol. The van der Waals surface area contributed by atoms with Gasteiger partial charge in [0.2, 0.25) is 0 Å². The Bertz CT molecular complexity index is 995. The topological polar surface area (TPSA) is 49.7 Å². The van der Waals surface area contributed by atoms with Gasteiger partial charge in [0, 0.05) is 0 Å². The summed E-state index contributed by atoms with van der Waals surface area (Å²) in [5.74, 6) is 0.432. The van der Waals surface area contributed by atoms with E-state index in [9.17, 15) is 0 Å². The molecule has 0 atom stereocenters. The zero-order valence-corrected chi connectivity index (χ0v) is 11.7. The van der Waals surface area contributed by atoms with Gasteiger partial charge in [-0.3, -0.25) is 0 Å². The Morgan fingerprint density at radius 2 is 1.41 bits per heavy atom. The maximum absolute atomic E-state index is 8.92. The molecule has 0 heterocycles. The van der Waals surface area contributed by atoms with E-state index < -0.39 is 7.32 Å². The summed E-state index contributed by atoms with van der Waals surface area (Å²) in [7, 11) is -1.81. The summed E-state index contributed by atoms with van der Waals surface area (Å²) < 4.78 is 4.93. The summed E-state index contributed by atoms with van der Waals surface area (Å²) in [4.78, 5) is 0. The van der Waals surface area contributed by atoms with E-state index in [4.69, 9.17) is 14.7 Å². The van der Waals surface area contributed by atoms with Crippen molar-refractivity contribution in [3.8, 4) is 5.75 Å². The molecule has 0 aliphatic heterocycles. The Kier molecular flexibility index (Phi) is 3.00. The van der Waals surface area contributed by atoms with Crippen LogP contribution in [0.2, 0.25) is 0 Å². The molecule has 0 aromatic heterocycles. The molecule has 0 unspecified atom stereocenters. The zero-order valence-electron chi connectivity index (χ0n) is 11.7. The van der Waals surface area contributed by atoms with E-state index in [0.717, 1.165) is 10.8 Å². The van der Waals surface area contributed by atoms with E-state index >= 15 is 0 Å². The van der Waals surface area contributed by atoms with Crippen molar-refractivity contribution < 1.29 is 14.7 Å². The van der Waals surface area contributed by atoms with Gasteiger partial charge in [0.25, 0.3) is 0 Å². The first-order chi connectivity index (χ1) is 10.7. The second kappa shape index (κ2) is 5.02. The third-order valence-corrected chi connectivity index (χ3v) is 3.92. The van der Waals surface area contributed by atoms with Crippen LogP contribution in [0.15, 0.2) is 66.7 Å². The summed E-state index contributed by atoms with van der Waals surface area (Å²) in [5.41, 5.74) is 0. The number of hydrogen-bond donors (Lipinski definition) is 2. The second-order valence-electron chi connectivity index (χ2n) is 5.31. The highest BCUT2D eigenvalue weighted by Gasteiger charge is 2.11. The fourth-order valence-electron chi connectivity index (χ4n) is 2.93. The summed E-state index contributed by atoms with van der Waals surface area (Å²) in [5, 5.41) is 24.7. The van der Waals surface area contributed by atoms with E-state index in [1.807, 2.05) is 24.3 Å². The van der Waals surface area contributed by atoms with Crippen LogP contribution < -0.4 is 4.65 Å². The Morgan fingerprint density at radius 3 is 2.27 bits per heavy atom. The number of benzene rings is 4. The second-order valence-corrected chi connectivity index (χ2v) is 5.31. The fourth-order valence-corrected chi connectivity index (χ4v) is 2.93. The van der Waals surface area contributed by atoms with Gasteiger partial charge < -0.3 is 14.7 Å². The summed E-state index contributed by atoms with van der Waals surface area (Å²) in [6, 6.07) is 22.2. The maximum Gasteiger partial charge on any atom is 0.707 e. The molecule has 0 radical (unpaired) electrons. The average molecular weight is 288 g/mol. The molecule has 2 N–H and O–H groups in total. The first kappa shape index (κ1) is 13.1. The molecule has 4 aromatic carbocycles. The Labute approximate surface area is 127 Å². The summed E-state index contributed by atoms with van der Waals surface area (Å²) in [6.45, 7) is 0. The third kappa shape index (κ3) is 2.19. The lowest BCUT2D eigenvalue weighted by molar-refractivity contribution is 0.288. The van der Waals surface area contributed by atoms with Gasteiger partial charge in [-0.15, -0.1) is 0 Å². The molecule has 0 saturated heterocycles. The number of rotatable bonds is 2. The number of fused-ring (bicyclic) bond motifs is 4. The van der Waals surface area contributed by atoms with Crippen molar-refractivity contribution in [3.63, 3.8) is 0 Å². The average Bonchev–Trinajstić information content (AvgIpc) is 2.52. The van der Waals surface area contributed by atoms with Gasteiger partial charge in [-0.25, -0.2) is 0 Å². The van der Waals surface area contributed by atoms with Crippen molar-refractivity contribution >= 4 is 39.6 Å². The molecular weight excluding hydrogens is 275 g/mol. The van der Waals surface area contributed by atoms with E-state index in [1.54, 1.807) is 6.07 Å². The molecule has 0 fully saturated rings. The SMILES string of the molecule is OB(O)Oc1ccc2cc3ccc4ccccc4c3cc2c1. The third-order valence-electron chi connectivity index (χ3n) is 3.92. The highest BCUT2D eigenvalue weighted by atomic mass is 16.6. The first-order valence-electron chi connectivity index (χ1n) is 7.09. The molecule has 0 spiro atoms. The lowest BCUT2D eigenvalue weighted by Crippen LogP contribution is -2.20. The molecule has 4 rings (SSSR count). The van der Waals surface area contributed by atoms with E-state index in [1.165, 1.54) is 21.5 Å². The van der Waals surface area contributed by atoms with Crippen LogP contribution >= 0.6 is 0 Å². The van der Waals surface area contributed by atoms with Gasteiger partial charge in [-0.1, -0.05) is 42.5 Å². The van der Waals surface area contributed by atoms with Crippen LogP contribution in [0.5, 0.6) is 5.75 Å². The van der Waals surface area contributed by atoms with Crippen molar-refractivity contribution in [1.29, 1.82) is 0 Å². The quantitative estimate of drug-likeness (QED) is 0.337. The summed E-state index contributed by atoms with van der Waals surface area (Å²) in [6.07, 6.45) is 0.